The summed E-state index contributed by atoms with van der Waals surface area (Å²) < 4.78 is 7.18. The number of amides is 1. The minimum Gasteiger partial charge on any atom is -0.378 e. The standard InChI is InChI=1S/C22H26N8O2/c31-20(17-5-3-6-18(15-17)30-10-4-7-24-30)23-16-19-25-21(28-8-1-2-9-28)27-22(26-19)29-11-13-32-14-12-29/h3-7,10,15H,1-2,8-9,11-14,16H2,(H,23,31). The molecular weight excluding hydrogens is 408 g/mol. The lowest BCUT2D eigenvalue weighted by atomic mass is 10.2. The molecule has 0 aliphatic carbocycles. The molecular formula is C22H26N8O2. The van der Waals surface area contributed by atoms with Gasteiger partial charge in [-0.1, -0.05) is 6.07 Å². The molecule has 1 amide bonds. The summed E-state index contributed by atoms with van der Waals surface area (Å²) in [7, 11) is 0. The third-order valence-corrected chi connectivity index (χ3v) is 5.63. The normalized spacial score (nSPS) is 16.4. The molecule has 0 atom stereocenters. The summed E-state index contributed by atoms with van der Waals surface area (Å²) in [4.78, 5) is 31.1. The first-order valence-electron chi connectivity index (χ1n) is 11.0. The fourth-order valence-corrected chi connectivity index (χ4v) is 3.91. The molecule has 2 saturated heterocycles. The zero-order valence-corrected chi connectivity index (χ0v) is 17.9. The number of hydrogen-bond acceptors (Lipinski definition) is 8. The quantitative estimate of drug-likeness (QED) is 0.622. The Morgan fingerprint density at radius 3 is 2.44 bits per heavy atom. The summed E-state index contributed by atoms with van der Waals surface area (Å²) in [5.41, 5.74) is 1.38. The van der Waals surface area contributed by atoms with Crippen molar-refractivity contribution in [3.63, 3.8) is 0 Å². The van der Waals surface area contributed by atoms with Gasteiger partial charge in [-0.25, -0.2) is 4.68 Å². The Kier molecular flexibility index (Phi) is 5.93. The van der Waals surface area contributed by atoms with Gasteiger partial charge in [0, 0.05) is 44.1 Å². The molecule has 0 saturated carbocycles. The van der Waals surface area contributed by atoms with Gasteiger partial charge in [0.15, 0.2) is 5.82 Å². The van der Waals surface area contributed by atoms with Gasteiger partial charge in [0.1, 0.15) is 0 Å². The molecule has 166 valence electrons. The fourth-order valence-electron chi connectivity index (χ4n) is 3.91. The van der Waals surface area contributed by atoms with Crippen LogP contribution in [0.5, 0.6) is 0 Å². The number of hydrogen-bond donors (Lipinski definition) is 1. The van der Waals surface area contributed by atoms with Crippen LogP contribution in [0.1, 0.15) is 29.0 Å². The number of benzene rings is 1. The highest BCUT2D eigenvalue weighted by Crippen LogP contribution is 2.19. The van der Waals surface area contributed by atoms with E-state index >= 15 is 0 Å². The second-order valence-electron chi connectivity index (χ2n) is 7.83. The number of morpholine rings is 1. The third-order valence-electron chi connectivity index (χ3n) is 5.63. The first-order valence-corrected chi connectivity index (χ1v) is 11.0. The average Bonchev–Trinajstić information content (AvgIpc) is 3.58. The number of nitrogens with one attached hydrogen (secondary N) is 1. The van der Waals surface area contributed by atoms with E-state index in [1.807, 2.05) is 30.5 Å². The molecule has 2 aliphatic heterocycles. The lowest BCUT2D eigenvalue weighted by molar-refractivity contribution is 0.0950. The maximum Gasteiger partial charge on any atom is 0.251 e. The summed E-state index contributed by atoms with van der Waals surface area (Å²) in [6.45, 7) is 4.92. The summed E-state index contributed by atoms with van der Waals surface area (Å²) in [5.74, 6) is 1.70. The van der Waals surface area contributed by atoms with Crippen LogP contribution in [0.25, 0.3) is 5.69 Å². The molecule has 2 fully saturated rings. The molecule has 5 rings (SSSR count). The van der Waals surface area contributed by atoms with E-state index < -0.39 is 0 Å². The van der Waals surface area contributed by atoms with Crippen LogP contribution in [-0.4, -0.2) is 70.0 Å². The maximum atomic E-state index is 12.8. The predicted octanol–water partition coefficient (Wildman–Crippen LogP) is 1.42. The summed E-state index contributed by atoms with van der Waals surface area (Å²) in [6.07, 6.45) is 5.82. The monoisotopic (exact) mass is 434 g/mol. The Bertz CT molecular complexity index is 1060. The highest BCUT2D eigenvalue weighted by atomic mass is 16.5. The number of carbonyl (C=O) groups is 1. The summed E-state index contributed by atoms with van der Waals surface area (Å²) >= 11 is 0. The summed E-state index contributed by atoms with van der Waals surface area (Å²) in [6, 6.07) is 9.19. The summed E-state index contributed by atoms with van der Waals surface area (Å²) in [5, 5.41) is 7.17. The van der Waals surface area contributed by atoms with Crippen LogP contribution >= 0.6 is 0 Å². The molecule has 2 aromatic heterocycles. The number of rotatable bonds is 6. The number of anilines is 2. The lowest BCUT2D eigenvalue weighted by Gasteiger charge is -2.28. The molecule has 1 aromatic carbocycles. The number of nitrogens with zero attached hydrogens (tertiary/aromatic N) is 7. The lowest BCUT2D eigenvalue weighted by Crippen LogP contribution is -2.38. The second-order valence-corrected chi connectivity index (χ2v) is 7.83. The van der Waals surface area contributed by atoms with E-state index in [0.717, 1.165) is 44.7 Å². The van der Waals surface area contributed by atoms with Gasteiger partial charge in [-0.3, -0.25) is 4.79 Å². The van der Waals surface area contributed by atoms with Crippen LogP contribution in [0.2, 0.25) is 0 Å². The van der Waals surface area contributed by atoms with Crippen molar-refractivity contribution < 1.29 is 9.53 Å². The highest BCUT2D eigenvalue weighted by molar-refractivity contribution is 5.94. The van der Waals surface area contributed by atoms with Crippen LogP contribution in [0.4, 0.5) is 11.9 Å². The Morgan fingerprint density at radius 2 is 1.72 bits per heavy atom. The topological polar surface area (TPSA) is 101 Å². The molecule has 3 aromatic rings. The molecule has 0 unspecified atom stereocenters. The first kappa shape index (κ1) is 20.4. The van der Waals surface area contributed by atoms with E-state index in [4.69, 9.17) is 9.72 Å². The van der Waals surface area contributed by atoms with Gasteiger partial charge < -0.3 is 19.9 Å². The van der Waals surface area contributed by atoms with Crippen molar-refractivity contribution in [2.45, 2.75) is 19.4 Å². The van der Waals surface area contributed by atoms with Crippen LogP contribution in [0.3, 0.4) is 0 Å². The Morgan fingerprint density at radius 1 is 0.969 bits per heavy atom. The number of carbonyl (C=O) groups excluding carboxylic acids is 1. The van der Waals surface area contributed by atoms with Gasteiger partial charge in [0.2, 0.25) is 11.9 Å². The fraction of sp³-hybridized carbons (Fsp3) is 0.409. The molecule has 32 heavy (non-hydrogen) atoms. The van der Waals surface area contributed by atoms with Crippen molar-refractivity contribution in [1.29, 1.82) is 0 Å². The van der Waals surface area contributed by atoms with Crippen molar-refractivity contribution in [3.8, 4) is 5.69 Å². The molecule has 10 heteroatoms. The third kappa shape index (κ3) is 4.54. The van der Waals surface area contributed by atoms with Gasteiger partial charge in [0.05, 0.1) is 25.4 Å². The average molecular weight is 435 g/mol. The van der Waals surface area contributed by atoms with Crippen molar-refractivity contribution in [1.82, 2.24) is 30.0 Å². The zero-order valence-electron chi connectivity index (χ0n) is 17.9. The molecule has 0 radical (unpaired) electrons. The first-order chi connectivity index (χ1) is 15.8. The largest absolute Gasteiger partial charge is 0.378 e. The van der Waals surface area contributed by atoms with Crippen LogP contribution in [0.15, 0.2) is 42.7 Å². The van der Waals surface area contributed by atoms with Gasteiger partial charge in [-0.05, 0) is 37.1 Å². The molecule has 0 spiro atoms. The molecule has 4 heterocycles. The van der Waals surface area contributed by atoms with Crippen LogP contribution < -0.4 is 15.1 Å². The number of ether oxygens (including phenoxy) is 1. The Balaban J connectivity index is 1.33. The molecule has 2 aliphatic rings. The smallest absolute Gasteiger partial charge is 0.251 e. The number of aromatic nitrogens is 5. The van der Waals surface area contributed by atoms with E-state index in [9.17, 15) is 4.79 Å². The van der Waals surface area contributed by atoms with Crippen molar-refractivity contribution in [2.75, 3.05) is 49.2 Å². The molecule has 1 N–H and O–H groups in total. The van der Waals surface area contributed by atoms with E-state index in [1.165, 1.54) is 0 Å². The predicted molar refractivity (Wildman–Crippen MR) is 119 cm³/mol. The minimum absolute atomic E-state index is 0.185. The SMILES string of the molecule is O=C(NCc1nc(N2CCCC2)nc(N2CCOCC2)n1)c1cccc(-n2cccn2)c1. The highest BCUT2D eigenvalue weighted by Gasteiger charge is 2.21. The second kappa shape index (κ2) is 9.31. The van der Waals surface area contributed by atoms with Crippen LogP contribution in [-0.2, 0) is 11.3 Å². The van der Waals surface area contributed by atoms with Gasteiger partial charge in [0.25, 0.3) is 5.91 Å². The van der Waals surface area contributed by atoms with Gasteiger partial charge in [-0.2, -0.15) is 20.1 Å². The van der Waals surface area contributed by atoms with Gasteiger partial charge in [-0.15, -0.1) is 0 Å². The Labute approximate surface area is 186 Å². The minimum atomic E-state index is -0.185. The van der Waals surface area contributed by atoms with E-state index in [2.05, 4.69) is 30.2 Å². The zero-order chi connectivity index (χ0) is 21.8. The Hall–Kier alpha value is -3.53. The molecule has 10 nitrogen and oxygen atoms in total. The van der Waals surface area contributed by atoms with Crippen LogP contribution in [0, 0.1) is 0 Å². The van der Waals surface area contributed by atoms with Crippen molar-refractivity contribution in [3.05, 3.63) is 54.1 Å². The van der Waals surface area contributed by atoms with Gasteiger partial charge >= 0.3 is 0 Å². The van der Waals surface area contributed by atoms with E-state index in [1.54, 1.807) is 16.9 Å². The van der Waals surface area contributed by atoms with E-state index in [0.29, 0.717) is 36.5 Å². The van der Waals surface area contributed by atoms with Crippen molar-refractivity contribution >= 4 is 17.8 Å². The molecule has 0 bridgehead atoms. The van der Waals surface area contributed by atoms with E-state index in [-0.39, 0.29) is 12.5 Å². The van der Waals surface area contributed by atoms with Crippen molar-refractivity contribution in [2.24, 2.45) is 0 Å². The maximum absolute atomic E-state index is 12.8.